The smallest absolute Gasteiger partial charge is 0.315 e. The van der Waals surface area contributed by atoms with Crippen LogP contribution in [0, 0.1) is 15.3 Å². The molecule has 0 amide bonds. The number of carbonyl (C=O) groups excluding carboxylic acids is 1. The molecule has 0 aliphatic heterocycles. The molecule has 0 fully saturated rings. The Morgan fingerprint density at radius 3 is 2.23 bits per heavy atom. The van der Waals surface area contributed by atoms with E-state index in [0.29, 0.717) is 0 Å². The molecule has 0 unspecified atom stereocenters. The molecule has 2 rings (SSSR count). The first-order chi connectivity index (χ1) is 10.2. The van der Waals surface area contributed by atoms with E-state index in [1.807, 2.05) is 0 Å². The highest BCUT2D eigenvalue weighted by Gasteiger charge is 2.25. The van der Waals surface area contributed by atoms with Gasteiger partial charge in [0.25, 0.3) is 0 Å². The molecule has 114 valence electrons. The van der Waals surface area contributed by atoms with Gasteiger partial charge in [0, 0.05) is 11.6 Å². The average Bonchev–Trinajstić information content (AvgIpc) is 2.39. The number of nitro benzene ring substituents is 1. The fourth-order valence-corrected chi connectivity index (χ4v) is 2.36. The number of nitro groups is 1. The molecule has 2 aromatic rings. The summed E-state index contributed by atoms with van der Waals surface area (Å²) >= 11 is 11.6. The number of nitrogens with zero attached hydrogens (tertiary/aromatic N) is 2. The number of hydrogen-bond donors (Lipinski definition) is 2. The summed E-state index contributed by atoms with van der Waals surface area (Å²) in [5, 5.41) is 40.3. The lowest BCUT2D eigenvalue weighted by molar-refractivity contribution is -0.605. The van der Waals surface area contributed by atoms with Gasteiger partial charge >= 0.3 is 5.69 Å². The maximum absolute atomic E-state index is 12.3. The number of hydrogen-bond acceptors (Lipinski definition) is 6. The highest BCUT2D eigenvalue weighted by Crippen LogP contribution is 2.37. The monoisotopic (exact) mass is 344 g/mol. The number of aromatic hydroxyl groups is 2. The van der Waals surface area contributed by atoms with Crippen molar-refractivity contribution in [1.82, 2.24) is 0 Å². The van der Waals surface area contributed by atoms with Crippen LogP contribution in [-0.2, 0) is 0 Å². The maximum atomic E-state index is 12.3. The number of phenols is 2. The minimum absolute atomic E-state index is 0.255. The molecule has 1 heterocycles. The van der Waals surface area contributed by atoms with Crippen LogP contribution in [0.3, 0.4) is 0 Å². The maximum Gasteiger partial charge on any atom is 0.315 e. The molecular formula is C12H6Cl2N2O6. The van der Waals surface area contributed by atoms with Gasteiger partial charge in [-0.2, -0.15) is 4.73 Å². The SMILES string of the molecule is O=C(c1cc(O)c(O)c([N+](=O)[O-])c1)c1c(Cl)c[n+]([O-])cc1Cl. The zero-order valence-corrected chi connectivity index (χ0v) is 12.0. The van der Waals surface area contributed by atoms with E-state index in [4.69, 9.17) is 23.2 Å². The molecular weight excluding hydrogens is 339 g/mol. The van der Waals surface area contributed by atoms with Crippen molar-refractivity contribution >= 4 is 34.7 Å². The lowest BCUT2D eigenvalue weighted by Gasteiger charge is -2.07. The molecule has 10 heteroatoms. The average molecular weight is 345 g/mol. The summed E-state index contributed by atoms with van der Waals surface area (Å²) in [7, 11) is 0. The number of rotatable bonds is 3. The van der Waals surface area contributed by atoms with Crippen LogP contribution in [0.25, 0.3) is 0 Å². The first kappa shape index (κ1) is 15.8. The van der Waals surface area contributed by atoms with Crippen molar-refractivity contribution < 1.29 is 24.7 Å². The first-order valence-electron chi connectivity index (χ1n) is 5.55. The van der Waals surface area contributed by atoms with E-state index in [0.717, 1.165) is 24.5 Å². The molecule has 0 atom stereocenters. The van der Waals surface area contributed by atoms with Crippen LogP contribution in [0.1, 0.15) is 15.9 Å². The Kier molecular flexibility index (Phi) is 4.07. The van der Waals surface area contributed by atoms with E-state index >= 15 is 0 Å². The topological polar surface area (TPSA) is 128 Å². The number of benzene rings is 1. The highest BCUT2D eigenvalue weighted by atomic mass is 35.5. The molecule has 1 aromatic heterocycles. The van der Waals surface area contributed by atoms with Gasteiger partial charge in [-0.25, -0.2) is 0 Å². The van der Waals surface area contributed by atoms with Crippen LogP contribution in [-0.4, -0.2) is 20.9 Å². The van der Waals surface area contributed by atoms with E-state index < -0.39 is 27.9 Å². The number of aromatic nitrogens is 1. The Labute approximate surface area is 132 Å². The number of halogens is 2. The third-order valence-corrected chi connectivity index (χ3v) is 3.29. The first-order valence-corrected chi connectivity index (χ1v) is 6.31. The van der Waals surface area contributed by atoms with Crippen molar-refractivity contribution in [2.45, 2.75) is 0 Å². The predicted molar refractivity (Wildman–Crippen MR) is 75.3 cm³/mol. The summed E-state index contributed by atoms with van der Waals surface area (Å²) in [4.78, 5) is 22.2. The van der Waals surface area contributed by atoms with Gasteiger partial charge in [-0.15, -0.1) is 0 Å². The molecule has 22 heavy (non-hydrogen) atoms. The lowest BCUT2D eigenvalue weighted by atomic mass is 10.0. The third-order valence-electron chi connectivity index (χ3n) is 2.71. The minimum atomic E-state index is -0.968. The molecule has 0 spiro atoms. The molecule has 0 aliphatic rings. The summed E-state index contributed by atoms with van der Waals surface area (Å²) in [5.41, 5.74) is -1.44. The molecule has 0 saturated carbocycles. The fraction of sp³-hybridized carbons (Fsp3) is 0. The van der Waals surface area contributed by atoms with Gasteiger partial charge in [0.05, 0.1) is 10.5 Å². The molecule has 0 saturated heterocycles. The van der Waals surface area contributed by atoms with Crippen LogP contribution >= 0.6 is 23.2 Å². The standard InChI is InChI=1S/C12H6Cl2N2O6/c13-6-3-15(20)4-7(14)10(6)11(18)5-1-8(16(21)22)12(19)9(17)2-5/h1-4,17,19H. The van der Waals surface area contributed by atoms with Crippen LogP contribution in [0.2, 0.25) is 10.0 Å². The zero-order valence-electron chi connectivity index (χ0n) is 10.5. The number of ketones is 1. The molecule has 1 aromatic carbocycles. The van der Waals surface area contributed by atoms with Gasteiger partial charge in [0.1, 0.15) is 10.0 Å². The van der Waals surface area contributed by atoms with Crippen molar-refractivity contribution in [2.24, 2.45) is 0 Å². The summed E-state index contributed by atoms with van der Waals surface area (Å²) in [5.74, 6) is -2.67. The van der Waals surface area contributed by atoms with Gasteiger partial charge in [-0.05, 0) is 6.07 Å². The summed E-state index contributed by atoms with van der Waals surface area (Å²) in [6.07, 6.45) is 1.77. The Morgan fingerprint density at radius 1 is 1.18 bits per heavy atom. The largest absolute Gasteiger partial charge is 0.619 e. The fourth-order valence-electron chi connectivity index (χ4n) is 1.74. The second-order valence-electron chi connectivity index (χ2n) is 4.14. The number of pyridine rings is 1. The van der Waals surface area contributed by atoms with Gasteiger partial charge < -0.3 is 15.4 Å². The van der Waals surface area contributed by atoms with Crippen LogP contribution in [0.5, 0.6) is 11.5 Å². The van der Waals surface area contributed by atoms with E-state index in [1.165, 1.54) is 0 Å². The Bertz CT molecular complexity index is 785. The predicted octanol–water partition coefficient (Wildman–Crippen LogP) is 2.18. The Morgan fingerprint density at radius 2 is 1.73 bits per heavy atom. The van der Waals surface area contributed by atoms with Gasteiger partial charge in [-0.1, -0.05) is 23.2 Å². The third kappa shape index (κ3) is 2.74. The Hall–Kier alpha value is -2.58. The van der Waals surface area contributed by atoms with Crippen molar-refractivity contribution in [1.29, 1.82) is 0 Å². The Balaban J connectivity index is 2.63. The second kappa shape index (κ2) is 5.66. The highest BCUT2D eigenvalue weighted by molar-refractivity contribution is 6.40. The van der Waals surface area contributed by atoms with E-state index in [9.17, 15) is 30.3 Å². The molecule has 0 radical (unpaired) electrons. The normalized spacial score (nSPS) is 10.5. The van der Waals surface area contributed by atoms with Gasteiger partial charge in [-0.3, -0.25) is 14.9 Å². The summed E-state index contributed by atoms with van der Waals surface area (Å²) in [6, 6.07) is 1.60. The van der Waals surface area contributed by atoms with Crippen molar-refractivity contribution in [3.8, 4) is 11.5 Å². The summed E-state index contributed by atoms with van der Waals surface area (Å²) < 4.78 is 0.290. The number of carbonyl (C=O) groups is 1. The molecule has 8 nitrogen and oxygen atoms in total. The number of phenolic OH excluding ortho intramolecular Hbond substituents is 2. The summed E-state index contributed by atoms with van der Waals surface area (Å²) in [6.45, 7) is 0. The van der Waals surface area contributed by atoms with Crippen LogP contribution in [0.4, 0.5) is 5.69 Å². The molecule has 0 bridgehead atoms. The van der Waals surface area contributed by atoms with Crippen molar-refractivity contribution in [2.75, 3.05) is 0 Å². The van der Waals surface area contributed by atoms with E-state index in [1.54, 1.807) is 0 Å². The van der Waals surface area contributed by atoms with Gasteiger partial charge in [0.15, 0.2) is 23.9 Å². The zero-order chi connectivity index (χ0) is 16.6. The molecule has 2 N–H and O–H groups in total. The van der Waals surface area contributed by atoms with Crippen LogP contribution in [0.15, 0.2) is 24.5 Å². The van der Waals surface area contributed by atoms with Crippen LogP contribution < -0.4 is 4.73 Å². The van der Waals surface area contributed by atoms with Crippen molar-refractivity contribution in [3.05, 3.63) is 61.0 Å². The van der Waals surface area contributed by atoms with Crippen molar-refractivity contribution in [3.63, 3.8) is 0 Å². The van der Waals surface area contributed by atoms with E-state index in [-0.39, 0.29) is 25.9 Å². The quantitative estimate of drug-likeness (QED) is 0.219. The van der Waals surface area contributed by atoms with E-state index in [2.05, 4.69) is 0 Å². The van der Waals surface area contributed by atoms with Gasteiger partial charge in [0.2, 0.25) is 5.75 Å². The lowest BCUT2D eigenvalue weighted by Crippen LogP contribution is -2.26. The second-order valence-corrected chi connectivity index (χ2v) is 4.95. The minimum Gasteiger partial charge on any atom is -0.619 e. The molecule has 0 aliphatic carbocycles.